The summed E-state index contributed by atoms with van der Waals surface area (Å²) in [6.07, 6.45) is 0. The van der Waals surface area contributed by atoms with Crippen LogP contribution in [0.3, 0.4) is 0 Å². The van der Waals surface area contributed by atoms with Crippen LogP contribution in [-0.4, -0.2) is 43.0 Å². The number of aliphatic imine (C=N–C) groups is 1. The molecule has 0 amide bonds. The molecule has 0 aromatic carbocycles. The number of rotatable bonds is 3. The van der Waals surface area contributed by atoms with E-state index in [1.165, 1.54) is 0 Å². The molecule has 0 radical (unpaired) electrons. The van der Waals surface area contributed by atoms with E-state index >= 15 is 0 Å². The number of nitrogens with zero attached hydrogens (tertiary/aromatic N) is 2. The molecule has 84 valence electrons. The summed E-state index contributed by atoms with van der Waals surface area (Å²) >= 11 is 0. The molecule has 1 atom stereocenters. The Balaban J connectivity index is 4.09. The van der Waals surface area contributed by atoms with E-state index in [-0.39, 0.29) is 5.54 Å². The smallest absolute Gasteiger partial charge is 0.0939 e. The fourth-order valence-electron chi connectivity index (χ4n) is 1.47. The lowest BCUT2D eigenvalue weighted by Gasteiger charge is -2.23. The molecule has 3 nitrogen and oxygen atoms in total. The van der Waals surface area contributed by atoms with Crippen molar-refractivity contribution in [1.82, 2.24) is 10.2 Å². The van der Waals surface area contributed by atoms with E-state index in [9.17, 15) is 0 Å². The summed E-state index contributed by atoms with van der Waals surface area (Å²) < 4.78 is 0. The highest BCUT2D eigenvalue weighted by molar-refractivity contribution is 5.80. The van der Waals surface area contributed by atoms with Gasteiger partial charge in [-0.05, 0) is 48.7 Å². The molecule has 0 bridgehead atoms. The van der Waals surface area contributed by atoms with Gasteiger partial charge in [-0.3, -0.25) is 4.99 Å². The zero-order valence-electron chi connectivity index (χ0n) is 10.7. The largest absolute Gasteiger partial charge is 0.369 e. The van der Waals surface area contributed by atoms with Gasteiger partial charge in [-0.2, -0.15) is 0 Å². The molecule has 0 aromatic rings. The summed E-state index contributed by atoms with van der Waals surface area (Å²) in [5.74, 6) is 1.02. The van der Waals surface area contributed by atoms with Crippen LogP contribution in [0.2, 0.25) is 0 Å². The van der Waals surface area contributed by atoms with Crippen molar-refractivity contribution in [3.05, 3.63) is 0 Å². The zero-order chi connectivity index (χ0) is 11.4. The van der Waals surface area contributed by atoms with E-state index in [4.69, 9.17) is 0 Å². The van der Waals surface area contributed by atoms with Gasteiger partial charge in [0, 0.05) is 12.1 Å². The van der Waals surface area contributed by atoms with Gasteiger partial charge < -0.3 is 10.2 Å². The molecule has 1 unspecified atom stereocenters. The fourth-order valence-corrected chi connectivity index (χ4v) is 1.47. The van der Waals surface area contributed by atoms with Crippen LogP contribution in [0.5, 0.6) is 0 Å². The lowest BCUT2D eigenvalue weighted by molar-refractivity contribution is 0.382. The number of amidine groups is 1. The Kier molecular flexibility index (Phi) is 5.13. The van der Waals surface area contributed by atoms with E-state index in [1.54, 1.807) is 0 Å². The lowest BCUT2D eigenvalue weighted by Crippen LogP contribution is -2.40. The standard InChI is InChI=1S/C11H25N3/c1-9(8-14(6)7)12-10(2)13-11(3,4)5/h9H,8H2,1-7H3,(H,12,13). The van der Waals surface area contributed by atoms with Gasteiger partial charge in [-0.1, -0.05) is 0 Å². The molecule has 0 saturated heterocycles. The minimum absolute atomic E-state index is 0.103. The van der Waals surface area contributed by atoms with Gasteiger partial charge in [0.2, 0.25) is 0 Å². The van der Waals surface area contributed by atoms with Crippen LogP contribution >= 0.6 is 0 Å². The van der Waals surface area contributed by atoms with E-state index in [0.717, 1.165) is 12.4 Å². The van der Waals surface area contributed by atoms with Crippen molar-refractivity contribution >= 4 is 5.84 Å². The van der Waals surface area contributed by atoms with Gasteiger partial charge in [0.05, 0.1) is 11.9 Å². The van der Waals surface area contributed by atoms with E-state index < -0.39 is 0 Å². The van der Waals surface area contributed by atoms with E-state index in [1.807, 2.05) is 6.92 Å². The first kappa shape index (κ1) is 13.4. The summed E-state index contributed by atoms with van der Waals surface area (Å²) in [6, 6.07) is 0.347. The molecule has 0 aliphatic carbocycles. The van der Waals surface area contributed by atoms with E-state index in [2.05, 4.69) is 57.0 Å². The van der Waals surface area contributed by atoms with Crippen molar-refractivity contribution in [3.8, 4) is 0 Å². The van der Waals surface area contributed by atoms with Gasteiger partial charge >= 0.3 is 0 Å². The SMILES string of the molecule is C/C(=N\C(C)CN(C)C)NC(C)(C)C. The Morgan fingerprint density at radius 2 is 1.86 bits per heavy atom. The number of hydrogen-bond donors (Lipinski definition) is 1. The average Bonchev–Trinajstić information content (AvgIpc) is 1.77. The third kappa shape index (κ3) is 8.05. The maximum Gasteiger partial charge on any atom is 0.0939 e. The van der Waals surface area contributed by atoms with Crippen molar-refractivity contribution in [1.29, 1.82) is 0 Å². The summed E-state index contributed by atoms with van der Waals surface area (Å²) in [7, 11) is 4.14. The van der Waals surface area contributed by atoms with Crippen molar-refractivity contribution in [2.45, 2.75) is 46.2 Å². The Morgan fingerprint density at radius 1 is 1.36 bits per heavy atom. The molecule has 0 fully saturated rings. The Morgan fingerprint density at radius 3 is 2.21 bits per heavy atom. The van der Waals surface area contributed by atoms with Crippen LogP contribution in [0.25, 0.3) is 0 Å². The molecular weight excluding hydrogens is 174 g/mol. The second-order valence-corrected chi connectivity index (χ2v) is 5.20. The van der Waals surface area contributed by atoms with Crippen LogP contribution in [0.4, 0.5) is 0 Å². The topological polar surface area (TPSA) is 27.6 Å². The Bertz CT molecular complexity index is 189. The van der Waals surface area contributed by atoms with Crippen LogP contribution in [0.1, 0.15) is 34.6 Å². The van der Waals surface area contributed by atoms with Crippen LogP contribution in [0.15, 0.2) is 4.99 Å². The second kappa shape index (κ2) is 5.35. The molecule has 0 saturated carbocycles. The zero-order valence-corrected chi connectivity index (χ0v) is 10.7. The molecule has 14 heavy (non-hydrogen) atoms. The molecular formula is C11H25N3. The number of hydrogen-bond acceptors (Lipinski definition) is 2. The highest BCUT2D eigenvalue weighted by atomic mass is 15.1. The highest BCUT2D eigenvalue weighted by Gasteiger charge is 2.10. The van der Waals surface area contributed by atoms with Gasteiger partial charge in [0.1, 0.15) is 0 Å². The summed E-state index contributed by atoms with van der Waals surface area (Å²) in [5.41, 5.74) is 0.103. The van der Waals surface area contributed by atoms with Crippen LogP contribution in [0, 0.1) is 0 Å². The molecule has 0 aromatic heterocycles. The molecule has 0 aliphatic heterocycles. The van der Waals surface area contributed by atoms with Gasteiger partial charge in [0.15, 0.2) is 0 Å². The van der Waals surface area contributed by atoms with Crippen LogP contribution in [-0.2, 0) is 0 Å². The lowest BCUT2D eigenvalue weighted by atomic mass is 10.1. The Labute approximate surface area is 88.6 Å². The predicted octanol–water partition coefficient (Wildman–Crippen LogP) is 1.74. The molecule has 0 spiro atoms. The molecule has 0 rings (SSSR count). The summed E-state index contributed by atoms with van der Waals surface area (Å²) in [5, 5.41) is 3.35. The average molecular weight is 199 g/mol. The van der Waals surface area contributed by atoms with Gasteiger partial charge in [-0.25, -0.2) is 0 Å². The first-order valence-corrected chi connectivity index (χ1v) is 5.18. The molecule has 0 aliphatic rings. The number of nitrogens with one attached hydrogen (secondary N) is 1. The normalized spacial score (nSPS) is 15.9. The minimum atomic E-state index is 0.103. The molecule has 3 heteroatoms. The first-order chi connectivity index (χ1) is 6.20. The maximum atomic E-state index is 4.57. The fraction of sp³-hybridized carbons (Fsp3) is 0.909. The summed E-state index contributed by atoms with van der Waals surface area (Å²) in [6.45, 7) is 11.6. The third-order valence-corrected chi connectivity index (χ3v) is 1.60. The van der Waals surface area contributed by atoms with Crippen molar-refractivity contribution < 1.29 is 0 Å². The second-order valence-electron chi connectivity index (χ2n) is 5.20. The third-order valence-electron chi connectivity index (χ3n) is 1.60. The summed E-state index contributed by atoms with van der Waals surface area (Å²) in [4.78, 5) is 6.72. The van der Waals surface area contributed by atoms with Crippen molar-refractivity contribution in [2.24, 2.45) is 4.99 Å². The minimum Gasteiger partial charge on any atom is -0.369 e. The molecule has 1 N–H and O–H groups in total. The Hall–Kier alpha value is -0.570. The number of likely N-dealkylation sites (N-methyl/N-ethyl adjacent to an activating group) is 1. The van der Waals surface area contributed by atoms with Crippen molar-refractivity contribution in [2.75, 3.05) is 20.6 Å². The predicted molar refractivity (Wildman–Crippen MR) is 64.0 cm³/mol. The highest BCUT2D eigenvalue weighted by Crippen LogP contribution is 2.00. The molecule has 0 heterocycles. The first-order valence-electron chi connectivity index (χ1n) is 5.18. The van der Waals surface area contributed by atoms with Crippen molar-refractivity contribution in [3.63, 3.8) is 0 Å². The van der Waals surface area contributed by atoms with Gasteiger partial charge in [-0.15, -0.1) is 0 Å². The van der Waals surface area contributed by atoms with Crippen LogP contribution < -0.4 is 5.32 Å². The quantitative estimate of drug-likeness (QED) is 0.554. The monoisotopic (exact) mass is 199 g/mol. The van der Waals surface area contributed by atoms with E-state index in [0.29, 0.717) is 6.04 Å². The van der Waals surface area contributed by atoms with Gasteiger partial charge in [0.25, 0.3) is 0 Å². The maximum absolute atomic E-state index is 4.57.